The van der Waals surface area contributed by atoms with Crippen molar-refractivity contribution in [3.05, 3.63) is 102 Å². The number of amides is 3. The number of hydrogen-bond donors (Lipinski definition) is 2. The molecular weight excluding hydrogens is 450 g/mol. The number of nitrogens with one attached hydrogen (secondary N) is 2. The van der Waals surface area contributed by atoms with E-state index in [0.717, 1.165) is 30.5 Å². The summed E-state index contributed by atoms with van der Waals surface area (Å²) < 4.78 is 0. The van der Waals surface area contributed by atoms with Crippen molar-refractivity contribution in [2.75, 3.05) is 32.7 Å². The first-order chi connectivity index (χ1) is 17.7. The van der Waals surface area contributed by atoms with Crippen LogP contribution in [0.4, 0.5) is 4.79 Å². The van der Waals surface area contributed by atoms with Crippen molar-refractivity contribution < 1.29 is 9.59 Å². The van der Waals surface area contributed by atoms with Crippen LogP contribution >= 0.6 is 0 Å². The Balaban J connectivity index is 1.44. The molecule has 1 aliphatic heterocycles. The molecule has 1 fully saturated rings. The first-order valence-corrected chi connectivity index (χ1v) is 12.7. The highest BCUT2D eigenvalue weighted by Crippen LogP contribution is 2.27. The van der Waals surface area contributed by atoms with Gasteiger partial charge in [-0.1, -0.05) is 60.7 Å². The van der Waals surface area contributed by atoms with Gasteiger partial charge in [0, 0.05) is 64.1 Å². The zero-order chi connectivity index (χ0) is 25.0. The van der Waals surface area contributed by atoms with Gasteiger partial charge in [-0.2, -0.15) is 0 Å². The quantitative estimate of drug-likeness (QED) is 0.557. The van der Waals surface area contributed by atoms with Gasteiger partial charge in [0.05, 0.1) is 0 Å². The number of nitrogens with zero attached hydrogens (tertiary/aromatic N) is 3. The second kappa shape index (κ2) is 13.4. The molecule has 0 bridgehead atoms. The van der Waals surface area contributed by atoms with Gasteiger partial charge in [-0.25, -0.2) is 4.79 Å². The Morgan fingerprint density at radius 2 is 1.64 bits per heavy atom. The lowest BCUT2D eigenvalue weighted by molar-refractivity contribution is -0.122. The highest BCUT2D eigenvalue weighted by Gasteiger charge is 2.25. The van der Waals surface area contributed by atoms with Gasteiger partial charge >= 0.3 is 6.03 Å². The van der Waals surface area contributed by atoms with Crippen molar-refractivity contribution in [1.29, 1.82) is 0 Å². The second-order valence-electron chi connectivity index (χ2n) is 9.11. The second-order valence-corrected chi connectivity index (χ2v) is 9.11. The number of benzene rings is 2. The Morgan fingerprint density at radius 1 is 0.917 bits per heavy atom. The number of rotatable bonds is 6. The highest BCUT2D eigenvalue weighted by atomic mass is 16.2. The largest absolute Gasteiger partial charge is 0.354 e. The number of urea groups is 1. The summed E-state index contributed by atoms with van der Waals surface area (Å²) in [6.07, 6.45) is 5.57. The summed E-state index contributed by atoms with van der Waals surface area (Å²) in [6, 6.07) is 24.2. The molecule has 0 saturated carbocycles. The highest BCUT2D eigenvalue weighted by molar-refractivity contribution is 5.77. The van der Waals surface area contributed by atoms with Crippen LogP contribution in [-0.2, 0) is 17.8 Å². The lowest BCUT2D eigenvalue weighted by atomic mass is 10.00. The van der Waals surface area contributed by atoms with E-state index in [9.17, 15) is 9.59 Å². The van der Waals surface area contributed by atoms with Crippen LogP contribution in [0.1, 0.15) is 35.6 Å². The van der Waals surface area contributed by atoms with Crippen molar-refractivity contribution in [2.24, 2.45) is 0 Å². The van der Waals surface area contributed by atoms with Crippen LogP contribution in [0.3, 0.4) is 0 Å². The summed E-state index contributed by atoms with van der Waals surface area (Å²) in [5.74, 6) is -0.00471. The summed E-state index contributed by atoms with van der Waals surface area (Å²) in [5.41, 5.74) is 3.47. The first kappa shape index (κ1) is 25.4. The lowest BCUT2D eigenvalue weighted by Gasteiger charge is -2.32. The van der Waals surface area contributed by atoms with Crippen molar-refractivity contribution in [3.63, 3.8) is 0 Å². The van der Waals surface area contributed by atoms with Gasteiger partial charge in [0.1, 0.15) is 0 Å². The first-order valence-electron chi connectivity index (χ1n) is 12.7. The molecule has 1 unspecified atom stereocenters. The molecule has 7 nitrogen and oxygen atoms in total. The molecule has 0 aliphatic carbocycles. The van der Waals surface area contributed by atoms with Gasteiger partial charge in [0.15, 0.2) is 0 Å². The van der Waals surface area contributed by atoms with E-state index in [2.05, 4.69) is 44.8 Å². The molecule has 0 radical (unpaired) electrons. The Bertz CT molecular complexity index is 1080. The number of carbonyl (C=O) groups excluding carboxylic acids is 2. The number of carbonyl (C=O) groups is 2. The third kappa shape index (κ3) is 7.65. The molecule has 7 heteroatoms. The van der Waals surface area contributed by atoms with Crippen LogP contribution in [-0.4, -0.2) is 59.4 Å². The number of pyridine rings is 1. The topological polar surface area (TPSA) is 77.6 Å². The zero-order valence-corrected chi connectivity index (χ0v) is 20.7. The van der Waals surface area contributed by atoms with E-state index < -0.39 is 0 Å². The average Bonchev–Trinajstić information content (AvgIpc) is 2.95. The van der Waals surface area contributed by atoms with E-state index in [1.165, 1.54) is 5.56 Å². The van der Waals surface area contributed by atoms with Gasteiger partial charge in [-0.05, 0) is 41.7 Å². The molecule has 3 aromatic rings. The molecule has 36 heavy (non-hydrogen) atoms. The fourth-order valence-electron chi connectivity index (χ4n) is 4.63. The molecule has 1 atom stereocenters. The van der Waals surface area contributed by atoms with Crippen LogP contribution in [0.2, 0.25) is 0 Å². The summed E-state index contributed by atoms with van der Waals surface area (Å²) in [5, 5.41) is 6.09. The number of aromatic nitrogens is 1. The third-order valence-electron chi connectivity index (χ3n) is 6.54. The Kier molecular flexibility index (Phi) is 9.45. The maximum atomic E-state index is 13.0. The van der Waals surface area contributed by atoms with Gasteiger partial charge in [0.2, 0.25) is 5.91 Å². The zero-order valence-electron chi connectivity index (χ0n) is 20.7. The molecule has 2 heterocycles. The van der Waals surface area contributed by atoms with E-state index in [0.29, 0.717) is 39.1 Å². The molecule has 0 spiro atoms. The maximum Gasteiger partial charge on any atom is 0.317 e. The van der Waals surface area contributed by atoms with Crippen LogP contribution < -0.4 is 10.6 Å². The molecule has 2 N–H and O–H groups in total. The monoisotopic (exact) mass is 485 g/mol. The molecule has 3 amide bonds. The molecule has 1 saturated heterocycles. The minimum Gasteiger partial charge on any atom is -0.354 e. The predicted molar refractivity (Wildman–Crippen MR) is 141 cm³/mol. The summed E-state index contributed by atoms with van der Waals surface area (Å²) in [7, 11) is 0. The fraction of sp³-hybridized carbons (Fsp3) is 0.345. The Labute approximate surface area is 213 Å². The molecule has 2 aromatic carbocycles. The van der Waals surface area contributed by atoms with E-state index in [1.807, 2.05) is 53.4 Å². The van der Waals surface area contributed by atoms with Crippen LogP contribution in [0.5, 0.6) is 0 Å². The van der Waals surface area contributed by atoms with Gasteiger partial charge in [-0.15, -0.1) is 0 Å². The smallest absolute Gasteiger partial charge is 0.317 e. The third-order valence-corrected chi connectivity index (χ3v) is 6.54. The van der Waals surface area contributed by atoms with Gasteiger partial charge in [0.25, 0.3) is 0 Å². The van der Waals surface area contributed by atoms with Crippen molar-refractivity contribution >= 4 is 11.9 Å². The maximum absolute atomic E-state index is 13.0. The lowest BCUT2D eigenvalue weighted by Crippen LogP contribution is -2.45. The minimum absolute atomic E-state index is 0.00471. The summed E-state index contributed by atoms with van der Waals surface area (Å²) in [6.45, 7) is 3.61. The summed E-state index contributed by atoms with van der Waals surface area (Å²) in [4.78, 5) is 34.2. The normalized spacial score (nSPS) is 17.6. The van der Waals surface area contributed by atoms with E-state index in [1.54, 1.807) is 12.4 Å². The Morgan fingerprint density at radius 3 is 2.39 bits per heavy atom. The molecule has 4 rings (SSSR count). The van der Waals surface area contributed by atoms with Crippen LogP contribution in [0.25, 0.3) is 0 Å². The van der Waals surface area contributed by atoms with Crippen molar-refractivity contribution in [2.45, 2.75) is 31.8 Å². The van der Waals surface area contributed by atoms with Gasteiger partial charge in [-0.3, -0.25) is 14.7 Å². The predicted octanol–water partition coefficient (Wildman–Crippen LogP) is 3.79. The molecule has 188 valence electrons. The van der Waals surface area contributed by atoms with E-state index >= 15 is 0 Å². The van der Waals surface area contributed by atoms with Crippen LogP contribution in [0, 0.1) is 0 Å². The molecular formula is C29H35N5O2. The standard InChI is InChI=1S/C29H35N5O2/c35-28-22-27(26-10-5-2-6-11-26)34(23-25-12-15-30-16-13-25)20-7-19-33(21-18-31-28)29(36)32-17-14-24-8-3-1-4-9-24/h1-6,8-13,15-16,27H,7,14,17-23H2,(H,31,35)(H,32,36). The van der Waals surface area contributed by atoms with Crippen molar-refractivity contribution in [1.82, 2.24) is 25.4 Å². The van der Waals surface area contributed by atoms with Crippen LogP contribution in [0.15, 0.2) is 85.2 Å². The van der Waals surface area contributed by atoms with E-state index in [-0.39, 0.29) is 18.0 Å². The molecule has 1 aromatic heterocycles. The van der Waals surface area contributed by atoms with E-state index in [4.69, 9.17) is 0 Å². The molecule has 1 aliphatic rings. The van der Waals surface area contributed by atoms with Crippen molar-refractivity contribution in [3.8, 4) is 0 Å². The SMILES string of the molecule is O=C1CC(c2ccccc2)N(Cc2ccncc2)CCCN(C(=O)NCCc2ccccc2)CCN1. The minimum atomic E-state index is -0.0836. The average molecular weight is 486 g/mol. The van der Waals surface area contributed by atoms with Gasteiger partial charge < -0.3 is 15.5 Å². The summed E-state index contributed by atoms with van der Waals surface area (Å²) >= 11 is 0. The Hall–Kier alpha value is -3.71. The number of hydrogen-bond acceptors (Lipinski definition) is 4. The fourth-order valence-corrected chi connectivity index (χ4v) is 4.63.